The Balaban J connectivity index is 2.57. The first-order valence-corrected chi connectivity index (χ1v) is 5.14. The summed E-state index contributed by atoms with van der Waals surface area (Å²) in [4.78, 5) is 14.3. The molecule has 2 aromatic rings. The molecule has 0 spiro atoms. The van der Waals surface area contributed by atoms with Crippen LogP contribution in [-0.2, 0) is 4.79 Å². The lowest BCUT2D eigenvalue weighted by Gasteiger charge is -2.03. The number of carbonyl (C=O) groups excluding carboxylic acids is 1. The van der Waals surface area contributed by atoms with Crippen LogP contribution < -0.4 is 0 Å². The molecular formula is C10H6Cl2N3O. The summed E-state index contributed by atoms with van der Waals surface area (Å²) in [5, 5.41) is 4.93. The van der Waals surface area contributed by atoms with Crippen LogP contribution in [0.4, 0.5) is 0 Å². The van der Waals surface area contributed by atoms with E-state index in [0.717, 1.165) is 0 Å². The molecule has 0 N–H and O–H groups in total. The molecule has 1 radical (unpaired) electrons. The lowest BCUT2D eigenvalue weighted by Crippen LogP contribution is -1.99. The first kappa shape index (κ1) is 11.1. The molecule has 1 aromatic carbocycles. The largest absolute Gasteiger partial charge is 0.281 e. The van der Waals surface area contributed by atoms with E-state index < -0.39 is 0 Å². The fourth-order valence-electron chi connectivity index (χ4n) is 1.34. The van der Waals surface area contributed by atoms with Gasteiger partial charge in [-0.1, -0.05) is 23.2 Å². The Labute approximate surface area is 102 Å². The summed E-state index contributed by atoms with van der Waals surface area (Å²) in [5.41, 5.74) is 0.656. The van der Waals surface area contributed by atoms with Gasteiger partial charge in [0.15, 0.2) is 0 Å². The number of halogens is 2. The molecule has 0 fully saturated rings. The predicted molar refractivity (Wildman–Crippen MR) is 60.9 cm³/mol. The standard InChI is InChI=1S/C10H6Cl2N3O/c1-6-13-10(5-16)14-15(6)9-3-7(11)2-8(12)4-9/h2-4H,1H3. The van der Waals surface area contributed by atoms with Crippen LogP contribution in [0.3, 0.4) is 0 Å². The lowest BCUT2D eigenvalue weighted by atomic mass is 10.3. The minimum Gasteiger partial charge on any atom is -0.281 e. The van der Waals surface area contributed by atoms with Crippen molar-refractivity contribution < 1.29 is 4.79 Å². The van der Waals surface area contributed by atoms with Gasteiger partial charge in [-0.2, -0.15) is 0 Å². The second kappa shape index (κ2) is 4.23. The van der Waals surface area contributed by atoms with E-state index in [2.05, 4.69) is 10.1 Å². The monoisotopic (exact) mass is 254 g/mol. The molecule has 1 aromatic heterocycles. The summed E-state index contributed by atoms with van der Waals surface area (Å²) in [7, 11) is 0. The smallest absolute Gasteiger partial charge is 0.275 e. The number of hydrogen-bond acceptors (Lipinski definition) is 3. The van der Waals surface area contributed by atoms with Gasteiger partial charge < -0.3 is 0 Å². The van der Waals surface area contributed by atoms with E-state index in [1.54, 1.807) is 31.4 Å². The van der Waals surface area contributed by atoms with Gasteiger partial charge in [0.1, 0.15) is 5.82 Å². The molecule has 0 aliphatic rings. The number of aryl methyl sites for hydroxylation is 1. The van der Waals surface area contributed by atoms with E-state index >= 15 is 0 Å². The maximum absolute atomic E-state index is 10.4. The fraction of sp³-hybridized carbons (Fsp3) is 0.100. The number of nitrogens with zero attached hydrogens (tertiary/aromatic N) is 3. The maximum Gasteiger partial charge on any atom is 0.275 e. The van der Waals surface area contributed by atoms with Crippen molar-refractivity contribution >= 4 is 29.5 Å². The van der Waals surface area contributed by atoms with Crippen LogP contribution in [0.15, 0.2) is 18.2 Å². The zero-order valence-corrected chi connectivity index (χ0v) is 9.75. The summed E-state index contributed by atoms with van der Waals surface area (Å²) < 4.78 is 1.48. The SMILES string of the molecule is Cc1nc([C]=O)nn1-c1cc(Cl)cc(Cl)c1. The van der Waals surface area contributed by atoms with Crippen molar-refractivity contribution in [3.8, 4) is 5.69 Å². The molecule has 0 amide bonds. The Hall–Kier alpha value is -1.39. The molecule has 4 nitrogen and oxygen atoms in total. The van der Waals surface area contributed by atoms with Gasteiger partial charge >= 0.3 is 0 Å². The molecule has 2 rings (SSSR count). The lowest BCUT2D eigenvalue weighted by molar-refractivity contribution is 0.559. The predicted octanol–water partition coefficient (Wildman–Crippen LogP) is 2.34. The zero-order valence-electron chi connectivity index (χ0n) is 8.24. The third kappa shape index (κ3) is 2.08. The topological polar surface area (TPSA) is 47.8 Å². The van der Waals surface area contributed by atoms with Gasteiger partial charge in [0.25, 0.3) is 6.29 Å². The molecule has 0 saturated heterocycles. The Morgan fingerprint density at radius 2 is 1.88 bits per heavy atom. The van der Waals surface area contributed by atoms with Crippen LogP contribution in [0, 0.1) is 6.92 Å². The van der Waals surface area contributed by atoms with Crippen molar-refractivity contribution in [2.75, 3.05) is 0 Å². The first-order valence-electron chi connectivity index (χ1n) is 4.38. The van der Waals surface area contributed by atoms with Gasteiger partial charge in [0, 0.05) is 10.0 Å². The first-order chi connectivity index (χ1) is 7.60. The molecule has 0 aliphatic carbocycles. The molecule has 0 bridgehead atoms. The highest BCUT2D eigenvalue weighted by molar-refractivity contribution is 6.34. The van der Waals surface area contributed by atoms with Gasteiger partial charge in [0.05, 0.1) is 5.69 Å². The van der Waals surface area contributed by atoms with Crippen LogP contribution in [0.5, 0.6) is 0 Å². The Morgan fingerprint density at radius 1 is 1.25 bits per heavy atom. The zero-order chi connectivity index (χ0) is 11.7. The molecule has 0 atom stereocenters. The van der Waals surface area contributed by atoms with Crippen molar-refractivity contribution in [2.45, 2.75) is 6.92 Å². The van der Waals surface area contributed by atoms with Crippen LogP contribution in [-0.4, -0.2) is 21.1 Å². The molecule has 0 aliphatic heterocycles. The van der Waals surface area contributed by atoms with Gasteiger partial charge in [-0.3, -0.25) is 4.79 Å². The highest BCUT2D eigenvalue weighted by atomic mass is 35.5. The van der Waals surface area contributed by atoms with Gasteiger partial charge in [-0.05, 0) is 25.1 Å². The molecule has 1 heterocycles. The second-order valence-corrected chi connectivity index (χ2v) is 4.00. The highest BCUT2D eigenvalue weighted by Crippen LogP contribution is 2.21. The van der Waals surface area contributed by atoms with Crippen molar-refractivity contribution in [1.82, 2.24) is 14.8 Å². The molecule has 0 unspecified atom stereocenters. The van der Waals surface area contributed by atoms with Gasteiger partial charge in [0.2, 0.25) is 5.82 Å². The number of aromatic nitrogens is 3. The van der Waals surface area contributed by atoms with E-state index in [9.17, 15) is 4.79 Å². The summed E-state index contributed by atoms with van der Waals surface area (Å²) in [6, 6.07) is 4.99. The second-order valence-electron chi connectivity index (χ2n) is 3.12. The van der Waals surface area contributed by atoms with Crippen LogP contribution >= 0.6 is 23.2 Å². The van der Waals surface area contributed by atoms with Crippen LogP contribution in [0.1, 0.15) is 11.6 Å². The van der Waals surface area contributed by atoms with Crippen molar-refractivity contribution in [2.24, 2.45) is 0 Å². The van der Waals surface area contributed by atoms with Crippen molar-refractivity contribution in [3.05, 3.63) is 39.9 Å². The number of hydrogen-bond donors (Lipinski definition) is 0. The molecule has 81 valence electrons. The van der Waals surface area contributed by atoms with Crippen LogP contribution in [0.25, 0.3) is 5.69 Å². The van der Waals surface area contributed by atoms with E-state index in [1.165, 1.54) is 4.68 Å². The summed E-state index contributed by atoms with van der Waals surface area (Å²) in [6.45, 7) is 1.72. The normalized spacial score (nSPS) is 10.4. The highest BCUT2D eigenvalue weighted by Gasteiger charge is 2.09. The average Bonchev–Trinajstić information content (AvgIpc) is 2.58. The van der Waals surface area contributed by atoms with E-state index in [4.69, 9.17) is 23.2 Å². The van der Waals surface area contributed by atoms with E-state index in [0.29, 0.717) is 21.6 Å². The third-order valence-corrected chi connectivity index (χ3v) is 2.39. The summed E-state index contributed by atoms with van der Waals surface area (Å²) in [5.74, 6) is 0.574. The fourth-order valence-corrected chi connectivity index (χ4v) is 1.85. The van der Waals surface area contributed by atoms with Gasteiger partial charge in [-0.15, -0.1) is 5.10 Å². The third-order valence-electron chi connectivity index (χ3n) is 1.95. The molecule has 16 heavy (non-hydrogen) atoms. The summed E-state index contributed by atoms with van der Waals surface area (Å²) >= 11 is 11.7. The van der Waals surface area contributed by atoms with Crippen molar-refractivity contribution in [1.29, 1.82) is 0 Å². The van der Waals surface area contributed by atoms with E-state index in [1.807, 2.05) is 0 Å². The average molecular weight is 255 g/mol. The minimum absolute atomic E-state index is 0.00796. The van der Waals surface area contributed by atoms with Crippen molar-refractivity contribution in [3.63, 3.8) is 0 Å². The molecule has 6 heteroatoms. The Morgan fingerprint density at radius 3 is 2.38 bits per heavy atom. The molecule has 0 saturated carbocycles. The summed E-state index contributed by atoms with van der Waals surface area (Å²) in [6.07, 6.45) is 1.63. The number of benzene rings is 1. The van der Waals surface area contributed by atoms with Crippen LogP contribution in [0.2, 0.25) is 10.0 Å². The quantitative estimate of drug-likeness (QED) is 0.827. The van der Waals surface area contributed by atoms with E-state index in [-0.39, 0.29) is 5.82 Å². The number of rotatable bonds is 2. The van der Waals surface area contributed by atoms with Gasteiger partial charge in [-0.25, -0.2) is 9.67 Å². The maximum atomic E-state index is 10.4. The molecular weight excluding hydrogens is 249 g/mol. The Kier molecular flexibility index (Phi) is 2.94. The Bertz CT molecular complexity index is 531. The minimum atomic E-state index is 0.00796.